The molecule has 5 nitrogen and oxygen atoms in total. The van der Waals surface area contributed by atoms with E-state index >= 15 is 0 Å². The molecular formula is C7H9N5S. The first-order valence-corrected chi connectivity index (χ1v) is 4.58. The molecule has 0 spiro atoms. The quantitative estimate of drug-likeness (QED) is 0.587. The minimum absolute atomic E-state index is 0.120. The first-order valence-electron chi connectivity index (χ1n) is 3.95. The van der Waals surface area contributed by atoms with Crippen LogP contribution in [0.1, 0.15) is 0 Å². The average Bonchev–Trinajstić information content (AvgIpc) is 2.62. The zero-order chi connectivity index (χ0) is 9.10. The van der Waals surface area contributed by atoms with E-state index in [0.717, 1.165) is 11.6 Å². The van der Waals surface area contributed by atoms with Crippen LogP contribution in [0.3, 0.4) is 0 Å². The van der Waals surface area contributed by atoms with Crippen LogP contribution in [-0.4, -0.2) is 42.7 Å². The summed E-state index contributed by atoms with van der Waals surface area (Å²) in [5.74, 6) is 2.23. The van der Waals surface area contributed by atoms with E-state index < -0.39 is 0 Å². The van der Waals surface area contributed by atoms with Crippen LogP contribution in [0.15, 0.2) is 20.0 Å². The molecule has 0 saturated carbocycles. The number of rotatable bonds is 2. The van der Waals surface area contributed by atoms with E-state index in [2.05, 4.69) is 37.9 Å². The second-order valence-electron chi connectivity index (χ2n) is 2.55. The van der Waals surface area contributed by atoms with Crippen LogP contribution in [-0.2, 0) is 0 Å². The zero-order valence-corrected chi connectivity index (χ0v) is 7.78. The number of fused-ring (bicyclic) bond motifs is 1. The van der Waals surface area contributed by atoms with Gasteiger partial charge in [-0.25, -0.2) is 9.98 Å². The molecule has 1 unspecified atom stereocenters. The highest BCUT2D eigenvalue weighted by Crippen LogP contribution is 2.06. The van der Waals surface area contributed by atoms with E-state index in [1.165, 1.54) is 6.34 Å². The molecule has 0 fully saturated rings. The van der Waals surface area contributed by atoms with Gasteiger partial charge in [-0.05, 0) is 0 Å². The summed E-state index contributed by atoms with van der Waals surface area (Å²) in [6.07, 6.45) is 3.11. The van der Waals surface area contributed by atoms with Gasteiger partial charge >= 0.3 is 0 Å². The standard InChI is InChI=1S/C7H9N5S/c13-2-1-8-6-5-7(10-3-9-5)12-4-11-6/h3-5,13H,1-2H2,(H,8,9,10,11,12). The second kappa shape index (κ2) is 3.69. The minimum Gasteiger partial charge on any atom is -0.332 e. The summed E-state index contributed by atoms with van der Waals surface area (Å²) in [5.41, 5.74) is 0. The molecule has 0 bridgehead atoms. The highest BCUT2D eigenvalue weighted by atomic mass is 32.1. The van der Waals surface area contributed by atoms with Crippen molar-refractivity contribution in [1.29, 1.82) is 0 Å². The maximum absolute atomic E-state index is 4.25. The molecule has 0 aromatic carbocycles. The van der Waals surface area contributed by atoms with Gasteiger partial charge in [0, 0.05) is 12.3 Å². The van der Waals surface area contributed by atoms with Gasteiger partial charge in [0.05, 0.1) is 6.34 Å². The number of aliphatic imine (C=N–C) groups is 4. The van der Waals surface area contributed by atoms with Crippen molar-refractivity contribution < 1.29 is 0 Å². The largest absolute Gasteiger partial charge is 0.332 e. The Labute approximate surface area is 81.2 Å². The molecule has 0 saturated heterocycles. The van der Waals surface area contributed by atoms with Crippen LogP contribution in [0, 0.1) is 0 Å². The summed E-state index contributed by atoms with van der Waals surface area (Å²) >= 11 is 4.07. The van der Waals surface area contributed by atoms with Gasteiger partial charge in [0.2, 0.25) is 0 Å². The highest BCUT2D eigenvalue weighted by Gasteiger charge is 2.25. The van der Waals surface area contributed by atoms with Gasteiger partial charge in [0.1, 0.15) is 12.2 Å². The fraction of sp³-hybridized carbons (Fsp3) is 0.429. The SMILES string of the molecule is SCCN=C1N=CNC2=NC=NC12. The van der Waals surface area contributed by atoms with Crippen molar-refractivity contribution in [2.24, 2.45) is 20.0 Å². The Morgan fingerprint density at radius 3 is 3.38 bits per heavy atom. The molecule has 2 heterocycles. The summed E-state index contributed by atoms with van der Waals surface area (Å²) in [6, 6.07) is -0.120. The average molecular weight is 195 g/mol. The maximum atomic E-state index is 4.25. The monoisotopic (exact) mass is 195 g/mol. The summed E-state index contributed by atoms with van der Waals surface area (Å²) in [7, 11) is 0. The number of hydrogen-bond acceptors (Lipinski definition) is 5. The Balaban J connectivity index is 2.19. The molecule has 13 heavy (non-hydrogen) atoms. The van der Waals surface area contributed by atoms with Gasteiger partial charge in [-0.2, -0.15) is 12.6 Å². The normalized spacial score (nSPS) is 27.3. The molecule has 68 valence electrons. The lowest BCUT2D eigenvalue weighted by atomic mass is 10.2. The first kappa shape index (κ1) is 8.43. The van der Waals surface area contributed by atoms with E-state index in [0.29, 0.717) is 12.4 Å². The van der Waals surface area contributed by atoms with Crippen molar-refractivity contribution in [3.05, 3.63) is 0 Å². The number of amidine groups is 2. The van der Waals surface area contributed by atoms with E-state index in [1.54, 1.807) is 6.34 Å². The molecule has 2 rings (SSSR count). The van der Waals surface area contributed by atoms with Crippen LogP contribution in [0.4, 0.5) is 0 Å². The summed E-state index contributed by atoms with van der Waals surface area (Å²) in [5, 5.41) is 2.92. The minimum atomic E-state index is -0.120. The first-order chi connectivity index (χ1) is 6.42. The molecule has 0 aromatic rings. The molecule has 6 heteroatoms. The third-order valence-electron chi connectivity index (χ3n) is 1.70. The van der Waals surface area contributed by atoms with Crippen LogP contribution in [0.5, 0.6) is 0 Å². The molecule has 0 aliphatic carbocycles. The summed E-state index contributed by atoms with van der Waals surface area (Å²) in [4.78, 5) is 16.5. The van der Waals surface area contributed by atoms with Crippen molar-refractivity contribution in [3.63, 3.8) is 0 Å². The van der Waals surface area contributed by atoms with E-state index in [1.807, 2.05) is 0 Å². The predicted octanol–water partition coefficient (Wildman–Crippen LogP) is -0.245. The summed E-state index contributed by atoms with van der Waals surface area (Å²) in [6.45, 7) is 0.662. The molecule has 0 aromatic heterocycles. The van der Waals surface area contributed by atoms with Crippen molar-refractivity contribution in [2.75, 3.05) is 12.3 Å². The maximum Gasteiger partial charge on any atom is 0.168 e. The lowest BCUT2D eigenvalue weighted by Crippen LogP contribution is -2.40. The third kappa shape index (κ3) is 1.62. The van der Waals surface area contributed by atoms with Crippen molar-refractivity contribution >= 4 is 37.0 Å². The topological polar surface area (TPSA) is 61.5 Å². The molecule has 2 aliphatic heterocycles. The Morgan fingerprint density at radius 1 is 1.62 bits per heavy atom. The lowest BCUT2D eigenvalue weighted by Gasteiger charge is -2.14. The van der Waals surface area contributed by atoms with Crippen LogP contribution in [0.25, 0.3) is 0 Å². The number of nitrogens with zero attached hydrogens (tertiary/aromatic N) is 4. The Hall–Kier alpha value is -1.17. The molecule has 2 aliphatic rings. The van der Waals surface area contributed by atoms with E-state index in [4.69, 9.17) is 0 Å². The van der Waals surface area contributed by atoms with Gasteiger partial charge in [-0.3, -0.25) is 9.98 Å². The highest BCUT2D eigenvalue weighted by molar-refractivity contribution is 7.80. The van der Waals surface area contributed by atoms with Gasteiger partial charge in [0.15, 0.2) is 11.9 Å². The van der Waals surface area contributed by atoms with Gasteiger partial charge in [0.25, 0.3) is 0 Å². The molecular weight excluding hydrogens is 186 g/mol. The van der Waals surface area contributed by atoms with Gasteiger partial charge < -0.3 is 5.32 Å². The van der Waals surface area contributed by atoms with Crippen molar-refractivity contribution in [2.45, 2.75) is 6.04 Å². The molecule has 1 N–H and O–H groups in total. The number of thiol groups is 1. The third-order valence-corrected chi connectivity index (χ3v) is 1.90. The van der Waals surface area contributed by atoms with Crippen LogP contribution < -0.4 is 5.32 Å². The van der Waals surface area contributed by atoms with Gasteiger partial charge in [-0.15, -0.1) is 0 Å². The zero-order valence-electron chi connectivity index (χ0n) is 6.88. The fourth-order valence-corrected chi connectivity index (χ4v) is 1.24. The smallest absolute Gasteiger partial charge is 0.168 e. The summed E-state index contributed by atoms with van der Waals surface area (Å²) < 4.78 is 0. The Bertz CT molecular complexity index is 317. The number of nitrogens with one attached hydrogen (secondary N) is 1. The van der Waals surface area contributed by atoms with Gasteiger partial charge in [-0.1, -0.05) is 0 Å². The second-order valence-corrected chi connectivity index (χ2v) is 2.99. The Morgan fingerprint density at radius 2 is 2.54 bits per heavy atom. The van der Waals surface area contributed by atoms with Crippen molar-refractivity contribution in [3.8, 4) is 0 Å². The molecule has 0 radical (unpaired) electrons. The van der Waals surface area contributed by atoms with E-state index in [-0.39, 0.29) is 6.04 Å². The number of hydrogen-bond donors (Lipinski definition) is 2. The molecule has 1 atom stereocenters. The van der Waals surface area contributed by atoms with Crippen LogP contribution in [0.2, 0.25) is 0 Å². The predicted molar refractivity (Wildman–Crippen MR) is 57.5 cm³/mol. The van der Waals surface area contributed by atoms with Crippen LogP contribution >= 0.6 is 12.6 Å². The lowest BCUT2D eigenvalue weighted by molar-refractivity contribution is 1.03. The van der Waals surface area contributed by atoms with E-state index in [9.17, 15) is 0 Å². The fourth-order valence-electron chi connectivity index (χ4n) is 1.14. The Kier molecular flexibility index (Phi) is 2.40. The van der Waals surface area contributed by atoms with Crippen molar-refractivity contribution in [1.82, 2.24) is 5.32 Å². The molecule has 0 amide bonds.